The van der Waals surface area contributed by atoms with E-state index in [0.717, 1.165) is 48.0 Å². The Labute approximate surface area is 256 Å². The highest BCUT2D eigenvalue weighted by molar-refractivity contribution is 7.91. The van der Waals surface area contributed by atoms with Crippen LogP contribution in [-0.4, -0.2) is 72.4 Å². The van der Waals surface area contributed by atoms with Crippen molar-refractivity contribution in [1.29, 1.82) is 0 Å². The van der Waals surface area contributed by atoms with Gasteiger partial charge in [0, 0.05) is 61.0 Å². The van der Waals surface area contributed by atoms with Gasteiger partial charge >= 0.3 is 0 Å². The molecule has 0 spiro atoms. The van der Waals surface area contributed by atoms with E-state index < -0.39 is 9.84 Å². The van der Waals surface area contributed by atoms with Gasteiger partial charge in [-0.25, -0.2) is 8.42 Å². The highest BCUT2D eigenvalue weighted by Crippen LogP contribution is 2.29. The molecule has 2 aliphatic rings. The van der Waals surface area contributed by atoms with Crippen LogP contribution in [0.15, 0.2) is 90.3 Å². The largest absolute Gasteiger partial charge is 0.371 e. The molecule has 0 saturated carbocycles. The van der Waals surface area contributed by atoms with E-state index in [1.807, 2.05) is 46.4 Å². The summed E-state index contributed by atoms with van der Waals surface area (Å²) >= 11 is 6.08. The summed E-state index contributed by atoms with van der Waals surface area (Å²) in [6, 6.07) is 18.3. The van der Waals surface area contributed by atoms with E-state index in [0.29, 0.717) is 31.1 Å². The minimum atomic E-state index is -3.54. The number of carbonyl (C=O) groups excluding carboxylic acids is 1. The number of hydrogen-bond donors (Lipinski definition) is 0. The maximum atomic E-state index is 13.8. The normalized spacial score (nSPS) is 19.0. The Hall–Kier alpha value is -3.57. The predicted octanol–water partition coefficient (Wildman–Crippen LogP) is 4.97. The minimum Gasteiger partial charge on any atom is -0.371 e. The molecule has 2 aromatic carbocycles. The second-order valence-electron chi connectivity index (χ2n) is 11.1. The molecular formula is C32H34ClN5O4S. The molecule has 224 valence electrons. The summed E-state index contributed by atoms with van der Waals surface area (Å²) in [5, 5.41) is 4.16. The van der Waals surface area contributed by atoms with Crippen LogP contribution < -0.4 is 4.90 Å². The number of hydrogen-bond acceptors (Lipinski definition) is 8. The standard InChI is InChI=1S/C32H34ClN5O4S/c33-28-4-2-27-21-30(5-3-26(27)20-28)43(40,41)19-1-16-37(23-31-38(42-31)22-24-6-12-34-13-7-24)32(39)25-10-17-36(18-11-25)29-8-14-35-15-9-29/h2-9,12-15,20-21,25,31H,1,10-11,16-19,22-23H2. The monoisotopic (exact) mass is 619 g/mol. The number of anilines is 1. The number of hydroxylamine groups is 2. The summed E-state index contributed by atoms with van der Waals surface area (Å²) in [5.41, 5.74) is 2.18. The molecule has 2 unspecified atom stereocenters. The van der Waals surface area contributed by atoms with Gasteiger partial charge in [0.1, 0.15) is 0 Å². The summed E-state index contributed by atoms with van der Waals surface area (Å²) in [7, 11) is -3.54. The van der Waals surface area contributed by atoms with Gasteiger partial charge in [-0.15, -0.1) is 0 Å². The van der Waals surface area contributed by atoms with Crippen LogP contribution in [0.25, 0.3) is 10.8 Å². The molecule has 2 atom stereocenters. The van der Waals surface area contributed by atoms with E-state index in [1.54, 1.807) is 49.1 Å². The average Bonchev–Trinajstić information content (AvgIpc) is 3.77. The molecule has 2 aromatic heterocycles. The third-order valence-corrected chi connectivity index (χ3v) is 10.2. The van der Waals surface area contributed by atoms with E-state index in [2.05, 4.69) is 14.9 Å². The zero-order valence-electron chi connectivity index (χ0n) is 23.8. The maximum absolute atomic E-state index is 13.8. The number of carbonyl (C=O) groups is 1. The molecule has 43 heavy (non-hydrogen) atoms. The first-order valence-corrected chi connectivity index (χ1v) is 16.6. The number of amides is 1. The minimum absolute atomic E-state index is 0.0530. The van der Waals surface area contributed by atoms with Crippen molar-refractivity contribution in [3.8, 4) is 0 Å². The van der Waals surface area contributed by atoms with Gasteiger partial charge in [0.2, 0.25) is 5.91 Å². The van der Waals surface area contributed by atoms with Gasteiger partial charge < -0.3 is 9.80 Å². The van der Waals surface area contributed by atoms with E-state index in [4.69, 9.17) is 16.4 Å². The molecule has 4 aromatic rings. The molecule has 0 bridgehead atoms. The molecule has 0 radical (unpaired) electrons. The third-order valence-electron chi connectivity index (χ3n) is 8.15. The molecular weight excluding hydrogens is 586 g/mol. The first-order chi connectivity index (χ1) is 20.9. The topological polar surface area (TPSA) is 99.0 Å². The summed E-state index contributed by atoms with van der Waals surface area (Å²) in [6.45, 7) is 2.90. The van der Waals surface area contributed by atoms with Gasteiger partial charge in [0.15, 0.2) is 16.1 Å². The van der Waals surface area contributed by atoms with Crippen molar-refractivity contribution in [2.45, 2.75) is 36.9 Å². The number of benzene rings is 2. The SMILES string of the molecule is O=C(C1CCN(c2ccncc2)CC1)N(CCCS(=O)(=O)c1ccc2cc(Cl)ccc2c1)CC1ON1Cc1ccncc1. The van der Waals surface area contributed by atoms with E-state index >= 15 is 0 Å². The lowest BCUT2D eigenvalue weighted by Crippen LogP contribution is -2.44. The zero-order valence-corrected chi connectivity index (χ0v) is 25.3. The molecule has 2 fully saturated rings. The highest BCUT2D eigenvalue weighted by atomic mass is 35.5. The number of fused-ring (bicyclic) bond motifs is 1. The first-order valence-electron chi connectivity index (χ1n) is 14.5. The molecule has 1 amide bonds. The maximum Gasteiger partial charge on any atom is 0.225 e. The molecule has 0 aliphatic carbocycles. The third kappa shape index (κ3) is 7.33. The fraction of sp³-hybridized carbons (Fsp3) is 0.344. The predicted molar refractivity (Wildman–Crippen MR) is 166 cm³/mol. The number of nitrogens with zero attached hydrogens (tertiary/aromatic N) is 5. The number of halogens is 1. The number of rotatable bonds is 11. The van der Waals surface area contributed by atoms with Gasteiger partial charge in [-0.05, 0) is 84.1 Å². The van der Waals surface area contributed by atoms with Gasteiger partial charge in [-0.2, -0.15) is 5.06 Å². The van der Waals surface area contributed by atoms with Gasteiger partial charge in [-0.1, -0.05) is 23.7 Å². The van der Waals surface area contributed by atoms with E-state index in [1.165, 1.54) is 0 Å². The fourth-order valence-corrected chi connectivity index (χ4v) is 7.20. The summed E-state index contributed by atoms with van der Waals surface area (Å²) < 4.78 is 26.6. The second-order valence-corrected chi connectivity index (χ2v) is 13.6. The summed E-state index contributed by atoms with van der Waals surface area (Å²) in [6.07, 6.45) is 8.64. The Balaban J connectivity index is 1.10. The van der Waals surface area contributed by atoms with Crippen molar-refractivity contribution < 1.29 is 18.0 Å². The van der Waals surface area contributed by atoms with Crippen LogP contribution in [0.3, 0.4) is 0 Å². The molecule has 2 saturated heterocycles. The van der Waals surface area contributed by atoms with Crippen molar-refractivity contribution in [3.05, 3.63) is 96.0 Å². The Bertz CT molecular complexity index is 1670. The van der Waals surface area contributed by atoms with Gasteiger partial charge in [0.05, 0.1) is 23.7 Å². The van der Waals surface area contributed by atoms with Gasteiger partial charge in [-0.3, -0.25) is 19.6 Å². The van der Waals surface area contributed by atoms with Crippen molar-refractivity contribution in [2.24, 2.45) is 5.92 Å². The molecule has 0 N–H and O–H groups in total. The number of piperidine rings is 1. The zero-order chi connectivity index (χ0) is 29.8. The quantitative estimate of drug-likeness (QED) is 0.217. The Morgan fingerprint density at radius 1 is 0.930 bits per heavy atom. The molecule has 4 heterocycles. The van der Waals surface area contributed by atoms with Crippen molar-refractivity contribution in [2.75, 3.05) is 36.8 Å². The van der Waals surface area contributed by atoms with Crippen molar-refractivity contribution in [3.63, 3.8) is 0 Å². The van der Waals surface area contributed by atoms with Crippen LogP contribution in [0, 0.1) is 5.92 Å². The van der Waals surface area contributed by atoms with Crippen LogP contribution >= 0.6 is 11.6 Å². The number of sulfone groups is 1. The van der Waals surface area contributed by atoms with E-state index in [-0.39, 0.29) is 28.7 Å². The van der Waals surface area contributed by atoms with Crippen LogP contribution in [0.5, 0.6) is 0 Å². The summed E-state index contributed by atoms with van der Waals surface area (Å²) in [4.78, 5) is 32.2. The first kappa shape index (κ1) is 29.5. The highest BCUT2D eigenvalue weighted by Gasteiger charge is 2.40. The lowest BCUT2D eigenvalue weighted by Gasteiger charge is -2.35. The number of pyridine rings is 2. The summed E-state index contributed by atoms with van der Waals surface area (Å²) in [5.74, 6) is -0.106. The van der Waals surface area contributed by atoms with Crippen LogP contribution in [-0.2, 0) is 26.0 Å². The Kier molecular flexibility index (Phi) is 8.90. The Morgan fingerprint density at radius 3 is 2.35 bits per heavy atom. The second kappa shape index (κ2) is 13.0. The molecule has 11 heteroatoms. The number of aromatic nitrogens is 2. The molecule has 2 aliphatic heterocycles. The smallest absolute Gasteiger partial charge is 0.225 e. The fourth-order valence-electron chi connectivity index (χ4n) is 5.69. The van der Waals surface area contributed by atoms with Crippen molar-refractivity contribution in [1.82, 2.24) is 19.9 Å². The lowest BCUT2D eigenvalue weighted by molar-refractivity contribution is -0.136. The van der Waals surface area contributed by atoms with E-state index in [9.17, 15) is 13.2 Å². The Morgan fingerprint density at radius 2 is 1.60 bits per heavy atom. The van der Waals surface area contributed by atoms with Crippen LogP contribution in [0.1, 0.15) is 24.8 Å². The molecule has 6 rings (SSSR count). The van der Waals surface area contributed by atoms with Gasteiger partial charge in [0.25, 0.3) is 0 Å². The van der Waals surface area contributed by atoms with Crippen LogP contribution in [0.4, 0.5) is 5.69 Å². The lowest BCUT2D eigenvalue weighted by atomic mass is 9.94. The average molecular weight is 620 g/mol. The van der Waals surface area contributed by atoms with Crippen LogP contribution in [0.2, 0.25) is 5.02 Å². The van der Waals surface area contributed by atoms with Crippen molar-refractivity contribution >= 4 is 43.8 Å². The molecule has 9 nitrogen and oxygen atoms in total.